The maximum Gasteiger partial charge on any atom is 0.0559 e. The molecule has 5 rings (SSSR count). The minimum atomic E-state index is 0.163. The fourth-order valence-corrected chi connectivity index (χ4v) is 4.77. The normalized spacial score (nSPS) is 12.8. The smallest absolute Gasteiger partial charge is 0.0559 e. The fourth-order valence-electron chi connectivity index (χ4n) is 3.65. The van der Waals surface area contributed by atoms with Crippen LogP contribution in [0.15, 0.2) is 54.6 Å². The molecule has 0 radical (unpaired) electrons. The van der Waals surface area contributed by atoms with Gasteiger partial charge >= 0.3 is 0 Å². The van der Waals surface area contributed by atoms with E-state index < -0.39 is 0 Å². The number of aromatic nitrogens is 1. The third kappa shape index (κ3) is 1.87. The molecule has 0 atom stereocenters. The van der Waals surface area contributed by atoms with E-state index in [9.17, 15) is 0 Å². The van der Waals surface area contributed by atoms with Crippen LogP contribution < -0.4 is 0 Å². The van der Waals surface area contributed by atoms with Crippen LogP contribution >= 0.6 is 11.3 Å². The average molecular weight is 329 g/mol. The van der Waals surface area contributed by atoms with E-state index >= 15 is 0 Å². The van der Waals surface area contributed by atoms with Crippen LogP contribution in [-0.4, -0.2) is 4.98 Å². The Morgan fingerprint density at radius 2 is 1.58 bits per heavy atom. The summed E-state index contributed by atoms with van der Waals surface area (Å²) in [6.45, 7) is 6.80. The van der Waals surface area contributed by atoms with E-state index in [1.807, 2.05) is 11.3 Å². The van der Waals surface area contributed by atoms with E-state index in [1.54, 1.807) is 0 Å². The molecule has 3 aromatic carbocycles. The molecule has 5 aromatic rings. The molecule has 0 bridgehead atoms. The SMILES string of the molecule is CC(C)(C)c1ccc2c(c1)[nH]c1c2ccc2sc3ccccc3c21. The first-order valence-corrected chi connectivity index (χ1v) is 9.20. The van der Waals surface area contributed by atoms with Gasteiger partial charge in [-0.1, -0.05) is 57.2 Å². The lowest BCUT2D eigenvalue weighted by Crippen LogP contribution is -2.10. The Morgan fingerprint density at radius 3 is 2.42 bits per heavy atom. The second kappa shape index (κ2) is 4.61. The molecule has 1 N–H and O–H groups in total. The first kappa shape index (κ1) is 14.1. The van der Waals surface area contributed by atoms with Gasteiger partial charge in [-0.3, -0.25) is 0 Å². The molecule has 0 aliphatic carbocycles. The summed E-state index contributed by atoms with van der Waals surface area (Å²) in [7, 11) is 0. The van der Waals surface area contributed by atoms with Crippen LogP contribution in [-0.2, 0) is 5.41 Å². The van der Waals surface area contributed by atoms with E-state index in [0.717, 1.165) is 0 Å². The van der Waals surface area contributed by atoms with Crippen LogP contribution in [0.1, 0.15) is 26.3 Å². The van der Waals surface area contributed by atoms with Crippen molar-refractivity contribution in [3.8, 4) is 0 Å². The van der Waals surface area contributed by atoms with Gasteiger partial charge in [0.2, 0.25) is 0 Å². The van der Waals surface area contributed by atoms with E-state index in [2.05, 4.69) is 80.4 Å². The van der Waals surface area contributed by atoms with Gasteiger partial charge in [0, 0.05) is 36.5 Å². The highest BCUT2D eigenvalue weighted by atomic mass is 32.1. The minimum absolute atomic E-state index is 0.163. The maximum absolute atomic E-state index is 3.72. The van der Waals surface area contributed by atoms with Crippen LogP contribution in [0.3, 0.4) is 0 Å². The Balaban J connectivity index is 1.95. The van der Waals surface area contributed by atoms with Crippen LogP contribution in [0.25, 0.3) is 42.0 Å². The Bertz CT molecular complexity index is 1230. The summed E-state index contributed by atoms with van der Waals surface area (Å²) in [5, 5.41) is 5.35. The predicted octanol–water partition coefficient (Wildman–Crippen LogP) is 6.99. The van der Waals surface area contributed by atoms with Crippen LogP contribution in [0, 0.1) is 0 Å². The summed E-state index contributed by atoms with van der Waals surface area (Å²) in [6.07, 6.45) is 0. The first-order valence-electron chi connectivity index (χ1n) is 8.38. The number of fused-ring (bicyclic) bond motifs is 7. The van der Waals surface area contributed by atoms with Gasteiger partial charge in [-0.2, -0.15) is 0 Å². The zero-order valence-corrected chi connectivity index (χ0v) is 14.9. The number of thiophene rings is 1. The Hall–Kier alpha value is -2.32. The Morgan fingerprint density at radius 1 is 0.792 bits per heavy atom. The lowest BCUT2D eigenvalue weighted by Gasteiger charge is -2.18. The topological polar surface area (TPSA) is 15.8 Å². The molecule has 0 aliphatic rings. The van der Waals surface area contributed by atoms with Crippen molar-refractivity contribution in [3.05, 3.63) is 60.2 Å². The summed E-state index contributed by atoms with van der Waals surface area (Å²) in [5.74, 6) is 0. The highest BCUT2D eigenvalue weighted by Crippen LogP contribution is 2.40. The second-order valence-corrected chi connectivity index (χ2v) is 8.68. The third-order valence-electron chi connectivity index (χ3n) is 4.98. The molecule has 0 fully saturated rings. The molecule has 2 aromatic heterocycles. The minimum Gasteiger partial charge on any atom is -0.354 e. The number of hydrogen-bond acceptors (Lipinski definition) is 1. The second-order valence-electron chi connectivity index (χ2n) is 7.59. The lowest BCUT2D eigenvalue weighted by molar-refractivity contribution is 0.591. The van der Waals surface area contributed by atoms with E-state index in [0.29, 0.717) is 0 Å². The summed E-state index contributed by atoms with van der Waals surface area (Å²) in [5.41, 5.74) is 4.04. The molecule has 0 spiro atoms. The molecule has 2 heteroatoms. The van der Waals surface area contributed by atoms with Crippen molar-refractivity contribution >= 4 is 53.3 Å². The summed E-state index contributed by atoms with van der Waals surface area (Å²) in [6, 6.07) is 20.1. The van der Waals surface area contributed by atoms with Crippen molar-refractivity contribution in [3.63, 3.8) is 0 Å². The van der Waals surface area contributed by atoms with Gasteiger partial charge < -0.3 is 4.98 Å². The van der Waals surface area contributed by atoms with Crippen molar-refractivity contribution < 1.29 is 0 Å². The van der Waals surface area contributed by atoms with E-state index in [-0.39, 0.29) is 5.41 Å². The van der Waals surface area contributed by atoms with Gasteiger partial charge in [0.1, 0.15) is 0 Å². The van der Waals surface area contributed by atoms with E-state index in [4.69, 9.17) is 0 Å². The number of benzene rings is 3. The predicted molar refractivity (Wildman–Crippen MR) is 107 cm³/mol. The number of nitrogens with one attached hydrogen (secondary N) is 1. The number of hydrogen-bond donors (Lipinski definition) is 1. The molecule has 2 heterocycles. The number of rotatable bonds is 0. The summed E-state index contributed by atoms with van der Waals surface area (Å²) < 4.78 is 2.71. The van der Waals surface area contributed by atoms with Crippen molar-refractivity contribution in [2.45, 2.75) is 26.2 Å². The Kier molecular flexibility index (Phi) is 2.70. The largest absolute Gasteiger partial charge is 0.354 e. The van der Waals surface area contributed by atoms with Crippen LogP contribution in [0.2, 0.25) is 0 Å². The molecule has 0 aliphatic heterocycles. The average Bonchev–Trinajstić information content (AvgIpc) is 3.10. The van der Waals surface area contributed by atoms with Gasteiger partial charge in [-0.05, 0) is 29.2 Å². The van der Waals surface area contributed by atoms with Gasteiger partial charge in [0.05, 0.1) is 5.52 Å². The molecular weight excluding hydrogens is 310 g/mol. The zero-order valence-electron chi connectivity index (χ0n) is 14.1. The van der Waals surface area contributed by atoms with Gasteiger partial charge in [-0.15, -0.1) is 11.3 Å². The Labute approximate surface area is 144 Å². The van der Waals surface area contributed by atoms with Gasteiger partial charge in [0.25, 0.3) is 0 Å². The van der Waals surface area contributed by atoms with Crippen molar-refractivity contribution in [2.24, 2.45) is 0 Å². The van der Waals surface area contributed by atoms with Gasteiger partial charge in [-0.25, -0.2) is 0 Å². The highest BCUT2D eigenvalue weighted by Gasteiger charge is 2.16. The molecule has 0 unspecified atom stereocenters. The van der Waals surface area contributed by atoms with Gasteiger partial charge in [0.15, 0.2) is 0 Å². The quantitative estimate of drug-likeness (QED) is 0.315. The monoisotopic (exact) mass is 329 g/mol. The highest BCUT2D eigenvalue weighted by molar-refractivity contribution is 7.26. The molecule has 24 heavy (non-hydrogen) atoms. The van der Waals surface area contributed by atoms with Crippen LogP contribution in [0.5, 0.6) is 0 Å². The number of H-pyrrole nitrogens is 1. The lowest BCUT2D eigenvalue weighted by atomic mass is 9.86. The molecule has 1 nitrogen and oxygen atoms in total. The number of aromatic amines is 1. The summed E-state index contributed by atoms with van der Waals surface area (Å²) in [4.78, 5) is 3.72. The third-order valence-corrected chi connectivity index (χ3v) is 6.11. The maximum atomic E-state index is 3.72. The van der Waals surface area contributed by atoms with Crippen molar-refractivity contribution in [2.75, 3.05) is 0 Å². The first-order chi connectivity index (χ1) is 11.5. The standard InChI is InChI=1S/C22H19NS/c1-22(2,3)13-8-9-14-15-10-11-19-20(21(15)23-17(14)12-13)16-6-4-5-7-18(16)24-19/h4-12,23H,1-3H3. The van der Waals surface area contributed by atoms with Crippen molar-refractivity contribution in [1.29, 1.82) is 0 Å². The summed E-state index contributed by atoms with van der Waals surface area (Å²) >= 11 is 1.87. The zero-order chi connectivity index (χ0) is 16.5. The van der Waals surface area contributed by atoms with Crippen LogP contribution in [0.4, 0.5) is 0 Å². The molecule has 118 valence electrons. The molecule has 0 saturated heterocycles. The molecule has 0 amide bonds. The van der Waals surface area contributed by atoms with E-state index in [1.165, 1.54) is 47.5 Å². The molecular formula is C22H19NS. The fraction of sp³-hybridized carbons (Fsp3) is 0.182. The molecule has 0 saturated carbocycles. The van der Waals surface area contributed by atoms with Crippen molar-refractivity contribution in [1.82, 2.24) is 4.98 Å².